The third kappa shape index (κ3) is 6.86. The van der Waals surface area contributed by atoms with Gasteiger partial charge >= 0.3 is 0 Å². The van der Waals surface area contributed by atoms with Crippen molar-refractivity contribution >= 4 is 54.1 Å². The number of thiophene rings is 1. The van der Waals surface area contributed by atoms with Crippen molar-refractivity contribution in [2.24, 2.45) is 0 Å². The highest BCUT2D eigenvalue weighted by Gasteiger charge is 2.23. The van der Waals surface area contributed by atoms with E-state index in [0.717, 1.165) is 66.7 Å². The summed E-state index contributed by atoms with van der Waals surface area (Å²) in [6.45, 7) is 0. The number of para-hydroxylation sites is 2. The highest BCUT2D eigenvalue weighted by atomic mass is 32.1. The molecule has 4 heterocycles. The Morgan fingerprint density at radius 1 is 0.324 bits per heavy atom. The van der Waals surface area contributed by atoms with E-state index in [2.05, 4.69) is 211 Å². The molecule has 0 radical (unpaired) electrons. The van der Waals surface area contributed by atoms with E-state index in [1.54, 1.807) is 0 Å². The van der Waals surface area contributed by atoms with E-state index in [1.165, 1.54) is 42.4 Å². The van der Waals surface area contributed by atoms with Gasteiger partial charge in [-0.15, -0.1) is 11.3 Å². The van der Waals surface area contributed by atoms with Gasteiger partial charge in [-0.05, 0) is 52.6 Å². The molecule has 0 saturated heterocycles. The highest BCUT2D eigenvalue weighted by Crippen LogP contribution is 2.50. The molecular weight excluding hydrogens is 847 g/mol. The quantitative estimate of drug-likeness (QED) is 0.153. The Labute approximate surface area is 397 Å². The zero-order valence-corrected chi connectivity index (χ0v) is 37.5. The Morgan fingerprint density at radius 3 is 1.44 bits per heavy atom. The van der Waals surface area contributed by atoms with Crippen LogP contribution in [0.15, 0.2) is 237 Å². The molecule has 0 saturated carbocycles. The molecule has 0 amide bonds. The minimum atomic E-state index is 0.610. The molecule has 0 unspecified atom stereocenters. The Kier molecular flexibility index (Phi) is 9.62. The van der Waals surface area contributed by atoms with Crippen LogP contribution in [0.25, 0.3) is 127 Å². The van der Waals surface area contributed by atoms with Gasteiger partial charge in [-0.3, -0.25) is 0 Å². The smallest absolute Gasteiger partial charge is 0.164 e. The molecule has 0 atom stereocenters. The molecule has 0 aliphatic rings. The van der Waals surface area contributed by atoms with Crippen molar-refractivity contribution in [2.75, 3.05) is 0 Å². The van der Waals surface area contributed by atoms with Gasteiger partial charge in [0.05, 0.1) is 22.2 Å². The molecule has 0 fully saturated rings. The second-order valence-electron chi connectivity index (χ2n) is 17.0. The average Bonchev–Trinajstić information content (AvgIpc) is 3.99. The molecule has 0 spiro atoms. The molecule has 318 valence electrons. The standard InChI is InChI=1S/C62H39N5S/c1-5-18-41(19-6-1)55-56-57(42-20-7-2-8-21-42)63-52-39-46(36-37-51(52)59(56)68-58(55)43-22-9-3-10-23-43)40-32-34-45(35-33-40)61-64-60(44-24-11-4-12-25-44)65-62(66-61)47-26-17-27-48(38-47)67-53-30-15-13-28-49(53)50-29-14-16-31-54(50)67/h1-39H. The minimum absolute atomic E-state index is 0.610. The van der Waals surface area contributed by atoms with Gasteiger partial charge in [-0.1, -0.05) is 206 Å². The van der Waals surface area contributed by atoms with Crippen molar-refractivity contribution in [3.05, 3.63) is 237 Å². The van der Waals surface area contributed by atoms with E-state index >= 15 is 0 Å². The number of aromatic nitrogens is 5. The van der Waals surface area contributed by atoms with Crippen LogP contribution < -0.4 is 0 Å². The summed E-state index contributed by atoms with van der Waals surface area (Å²) in [5.41, 5.74) is 14.9. The van der Waals surface area contributed by atoms with Crippen molar-refractivity contribution in [3.63, 3.8) is 0 Å². The third-order valence-electron chi connectivity index (χ3n) is 12.9. The first-order valence-corrected chi connectivity index (χ1v) is 23.6. The summed E-state index contributed by atoms with van der Waals surface area (Å²) in [6, 6.07) is 83.2. The Bertz CT molecular complexity index is 3940. The maximum absolute atomic E-state index is 5.53. The summed E-state index contributed by atoms with van der Waals surface area (Å²) in [6.07, 6.45) is 0. The lowest BCUT2D eigenvalue weighted by atomic mass is 9.94. The van der Waals surface area contributed by atoms with Gasteiger partial charge in [0.25, 0.3) is 0 Å². The van der Waals surface area contributed by atoms with E-state index in [9.17, 15) is 0 Å². The molecule has 6 heteroatoms. The number of hydrogen-bond acceptors (Lipinski definition) is 5. The van der Waals surface area contributed by atoms with E-state index in [4.69, 9.17) is 19.9 Å². The van der Waals surface area contributed by atoms with Gasteiger partial charge in [-0.25, -0.2) is 19.9 Å². The topological polar surface area (TPSA) is 56.5 Å². The molecule has 13 rings (SSSR count). The summed E-state index contributed by atoms with van der Waals surface area (Å²) in [5, 5.41) is 4.76. The first-order valence-electron chi connectivity index (χ1n) is 22.8. The summed E-state index contributed by atoms with van der Waals surface area (Å²) >= 11 is 1.85. The number of nitrogens with zero attached hydrogens (tertiary/aromatic N) is 5. The summed E-state index contributed by atoms with van der Waals surface area (Å²) in [5.74, 6) is 1.84. The van der Waals surface area contributed by atoms with Gasteiger partial charge in [0.15, 0.2) is 17.5 Å². The molecule has 68 heavy (non-hydrogen) atoms. The molecule has 9 aromatic carbocycles. The second kappa shape index (κ2) is 16.5. The lowest BCUT2D eigenvalue weighted by molar-refractivity contribution is 1.07. The van der Waals surface area contributed by atoms with Gasteiger partial charge in [0.2, 0.25) is 0 Å². The molecule has 13 aromatic rings. The molecular formula is C62H39N5S. The Balaban J connectivity index is 0.918. The maximum Gasteiger partial charge on any atom is 0.164 e. The lowest BCUT2D eigenvalue weighted by Crippen LogP contribution is -2.01. The monoisotopic (exact) mass is 885 g/mol. The summed E-state index contributed by atoms with van der Waals surface area (Å²) in [7, 11) is 0. The Morgan fingerprint density at radius 2 is 0.809 bits per heavy atom. The molecule has 4 aromatic heterocycles. The van der Waals surface area contributed by atoms with E-state index in [-0.39, 0.29) is 0 Å². The number of fused-ring (bicyclic) bond motifs is 6. The minimum Gasteiger partial charge on any atom is -0.309 e. The lowest BCUT2D eigenvalue weighted by Gasteiger charge is -2.12. The summed E-state index contributed by atoms with van der Waals surface area (Å²) in [4.78, 5) is 22.1. The molecule has 0 aliphatic heterocycles. The summed E-state index contributed by atoms with van der Waals surface area (Å²) < 4.78 is 3.55. The van der Waals surface area contributed by atoms with E-state index in [1.807, 2.05) is 41.7 Å². The zero-order valence-electron chi connectivity index (χ0n) is 36.7. The molecule has 0 N–H and O–H groups in total. The first kappa shape index (κ1) is 39.5. The number of hydrogen-bond donors (Lipinski definition) is 0. The molecule has 0 bridgehead atoms. The van der Waals surface area contributed by atoms with Crippen LogP contribution in [0.3, 0.4) is 0 Å². The number of benzene rings is 9. The fourth-order valence-corrected chi connectivity index (χ4v) is 11.0. The third-order valence-corrected chi connectivity index (χ3v) is 14.1. The fourth-order valence-electron chi connectivity index (χ4n) is 9.64. The fraction of sp³-hybridized carbons (Fsp3) is 0. The van der Waals surface area contributed by atoms with Crippen LogP contribution in [0.2, 0.25) is 0 Å². The van der Waals surface area contributed by atoms with Crippen LogP contribution >= 0.6 is 11.3 Å². The van der Waals surface area contributed by atoms with Crippen LogP contribution in [-0.4, -0.2) is 24.5 Å². The van der Waals surface area contributed by atoms with Crippen molar-refractivity contribution in [1.82, 2.24) is 24.5 Å². The SMILES string of the molecule is c1ccc(-c2nc(-c3ccc(-c4ccc5c(c4)nc(-c4ccccc4)c4c(-c6ccccc6)c(-c6ccccc6)sc45)cc3)nc(-c3cccc(-n4c5ccccc5c5ccccc54)c3)n2)cc1. The normalized spacial score (nSPS) is 11.5. The van der Waals surface area contributed by atoms with Gasteiger partial charge in [-0.2, -0.15) is 0 Å². The van der Waals surface area contributed by atoms with Crippen LogP contribution in [0.5, 0.6) is 0 Å². The van der Waals surface area contributed by atoms with Crippen LogP contribution in [-0.2, 0) is 0 Å². The highest BCUT2D eigenvalue weighted by molar-refractivity contribution is 7.24. The van der Waals surface area contributed by atoms with Crippen LogP contribution in [0, 0.1) is 0 Å². The van der Waals surface area contributed by atoms with Crippen molar-refractivity contribution in [1.29, 1.82) is 0 Å². The zero-order chi connectivity index (χ0) is 45.0. The van der Waals surface area contributed by atoms with E-state index < -0.39 is 0 Å². The van der Waals surface area contributed by atoms with Gasteiger partial charge in [0.1, 0.15) is 0 Å². The van der Waals surface area contributed by atoms with Crippen molar-refractivity contribution in [3.8, 4) is 83.8 Å². The van der Waals surface area contributed by atoms with Crippen LogP contribution in [0.1, 0.15) is 0 Å². The predicted octanol–water partition coefficient (Wildman–Crippen LogP) is 16.4. The maximum atomic E-state index is 5.53. The largest absolute Gasteiger partial charge is 0.309 e. The molecule has 5 nitrogen and oxygen atoms in total. The van der Waals surface area contributed by atoms with Crippen molar-refractivity contribution in [2.45, 2.75) is 0 Å². The van der Waals surface area contributed by atoms with Gasteiger partial charge < -0.3 is 4.57 Å². The van der Waals surface area contributed by atoms with E-state index in [0.29, 0.717) is 17.5 Å². The average molecular weight is 886 g/mol. The van der Waals surface area contributed by atoms with Crippen molar-refractivity contribution < 1.29 is 0 Å². The number of rotatable bonds is 8. The van der Waals surface area contributed by atoms with Gasteiger partial charge in [0, 0.05) is 64.6 Å². The van der Waals surface area contributed by atoms with Crippen LogP contribution in [0.4, 0.5) is 0 Å². The first-order chi connectivity index (χ1) is 33.7. The predicted molar refractivity (Wildman–Crippen MR) is 283 cm³/mol. The molecule has 0 aliphatic carbocycles. The number of pyridine rings is 1. The Hall–Kier alpha value is -8.84. The second-order valence-corrected chi connectivity index (χ2v) is 18.0.